The molecule has 5 nitrogen and oxygen atoms in total. The van der Waals surface area contributed by atoms with Crippen molar-refractivity contribution in [2.24, 2.45) is 0 Å². The highest BCUT2D eigenvalue weighted by molar-refractivity contribution is 7.89. The van der Waals surface area contributed by atoms with Gasteiger partial charge in [-0.1, -0.05) is 0 Å². The average molecular weight is 318 g/mol. The summed E-state index contributed by atoms with van der Waals surface area (Å²) < 4.78 is 52.0. The van der Waals surface area contributed by atoms with Gasteiger partial charge >= 0.3 is 0 Å². The summed E-state index contributed by atoms with van der Waals surface area (Å²) in [5.74, 6) is -1.82. The molecule has 1 aromatic carbocycles. The Hall–Kier alpha value is -1.54. The molecule has 2 rings (SSSR count). The van der Waals surface area contributed by atoms with Gasteiger partial charge in [-0.15, -0.1) is 0 Å². The summed E-state index contributed by atoms with van der Waals surface area (Å²) in [6, 6.07) is 2.13. The fourth-order valence-electron chi connectivity index (χ4n) is 2.18. The van der Waals surface area contributed by atoms with Gasteiger partial charge in [-0.25, -0.2) is 21.9 Å². The van der Waals surface area contributed by atoms with Gasteiger partial charge in [-0.05, 0) is 25.0 Å². The van der Waals surface area contributed by atoms with E-state index >= 15 is 0 Å². The molecule has 1 aromatic rings. The molecule has 1 saturated heterocycles. The minimum Gasteiger partial charge on any atom is -0.343 e. The number of rotatable bonds is 6. The molecule has 0 radical (unpaired) electrons. The second-order valence-electron chi connectivity index (χ2n) is 4.84. The highest BCUT2D eigenvalue weighted by Crippen LogP contribution is 2.13. The minimum absolute atomic E-state index is 0.0741. The van der Waals surface area contributed by atoms with Crippen LogP contribution in [-0.4, -0.2) is 38.9 Å². The Morgan fingerprint density at radius 3 is 2.43 bits per heavy atom. The number of benzene rings is 1. The van der Waals surface area contributed by atoms with E-state index in [1.165, 1.54) is 0 Å². The second kappa shape index (κ2) is 6.48. The van der Waals surface area contributed by atoms with Crippen molar-refractivity contribution in [2.45, 2.75) is 24.2 Å². The number of halogens is 2. The average Bonchev–Trinajstić information content (AvgIpc) is 2.79. The topological polar surface area (TPSA) is 66.5 Å². The number of hydrogen-bond acceptors (Lipinski definition) is 3. The first kappa shape index (κ1) is 15.8. The van der Waals surface area contributed by atoms with Crippen LogP contribution >= 0.6 is 0 Å². The van der Waals surface area contributed by atoms with Crippen molar-refractivity contribution in [3.05, 3.63) is 29.8 Å². The van der Waals surface area contributed by atoms with Gasteiger partial charge in [0.25, 0.3) is 0 Å². The van der Waals surface area contributed by atoms with Crippen molar-refractivity contribution >= 4 is 15.9 Å². The van der Waals surface area contributed by atoms with Crippen LogP contribution in [0.3, 0.4) is 0 Å². The van der Waals surface area contributed by atoms with Gasteiger partial charge in [-0.3, -0.25) is 4.79 Å². The van der Waals surface area contributed by atoms with Crippen LogP contribution in [0.5, 0.6) is 0 Å². The molecule has 0 bridgehead atoms. The van der Waals surface area contributed by atoms with E-state index in [9.17, 15) is 22.0 Å². The third kappa shape index (κ3) is 4.21. The highest BCUT2D eigenvalue weighted by atomic mass is 32.2. The standard InChI is InChI=1S/C13H16F2N2O3S/c14-10-7-11(15)9-12(8-10)21(19,20)16-4-2-6-17-5-1-3-13(17)18/h7-9,16H,1-6H2. The molecule has 1 amide bonds. The molecule has 116 valence electrons. The lowest BCUT2D eigenvalue weighted by Gasteiger charge is -2.15. The fourth-order valence-corrected chi connectivity index (χ4v) is 3.30. The van der Waals surface area contributed by atoms with Gasteiger partial charge in [0.2, 0.25) is 15.9 Å². The summed E-state index contributed by atoms with van der Waals surface area (Å²) in [6.45, 7) is 1.27. The van der Waals surface area contributed by atoms with Crippen LogP contribution in [0.15, 0.2) is 23.1 Å². The summed E-state index contributed by atoms with van der Waals surface area (Å²) in [7, 11) is -3.95. The molecule has 1 N–H and O–H groups in total. The zero-order chi connectivity index (χ0) is 15.5. The summed E-state index contributed by atoms with van der Waals surface area (Å²) >= 11 is 0. The molecule has 1 heterocycles. The fraction of sp³-hybridized carbons (Fsp3) is 0.462. The van der Waals surface area contributed by atoms with Crippen LogP contribution < -0.4 is 4.72 Å². The second-order valence-corrected chi connectivity index (χ2v) is 6.61. The molecule has 0 aromatic heterocycles. The minimum atomic E-state index is -3.95. The van der Waals surface area contributed by atoms with Crippen LogP contribution in [0.1, 0.15) is 19.3 Å². The van der Waals surface area contributed by atoms with Crippen LogP contribution in [-0.2, 0) is 14.8 Å². The van der Waals surface area contributed by atoms with Crippen molar-refractivity contribution in [2.75, 3.05) is 19.6 Å². The zero-order valence-corrected chi connectivity index (χ0v) is 12.1. The van der Waals surface area contributed by atoms with Crippen molar-refractivity contribution in [1.29, 1.82) is 0 Å². The normalized spacial score (nSPS) is 15.7. The maximum absolute atomic E-state index is 13.0. The lowest BCUT2D eigenvalue weighted by atomic mass is 10.3. The van der Waals surface area contributed by atoms with Crippen molar-refractivity contribution in [3.8, 4) is 0 Å². The third-order valence-corrected chi connectivity index (χ3v) is 4.66. The Bertz CT molecular complexity index is 614. The smallest absolute Gasteiger partial charge is 0.240 e. The van der Waals surface area contributed by atoms with Gasteiger partial charge < -0.3 is 4.90 Å². The Labute approximate surface area is 122 Å². The Balaban J connectivity index is 1.88. The summed E-state index contributed by atoms with van der Waals surface area (Å²) in [6.07, 6.45) is 1.81. The highest BCUT2D eigenvalue weighted by Gasteiger charge is 2.20. The molecule has 1 aliphatic heterocycles. The van der Waals surface area contributed by atoms with Gasteiger partial charge in [-0.2, -0.15) is 0 Å². The van der Waals surface area contributed by atoms with Gasteiger partial charge in [0.1, 0.15) is 11.6 Å². The number of nitrogens with one attached hydrogen (secondary N) is 1. The van der Waals surface area contributed by atoms with Crippen LogP contribution in [0, 0.1) is 11.6 Å². The number of carbonyl (C=O) groups is 1. The first-order valence-electron chi connectivity index (χ1n) is 6.62. The molecular weight excluding hydrogens is 302 g/mol. The monoisotopic (exact) mass is 318 g/mol. The van der Waals surface area contributed by atoms with E-state index in [0.717, 1.165) is 18.6 Å². The van der Waals surface area contributed by atoms with E-state index in [1.54, 1.807) is 4.90 Å². The molecule has 1 fully saturated rings. The number of amides is 1. The maximum atomic E-state index is 13.0. The molecule has 8 heteroatoms. The van der Waals surface area contributed by atoms with Crippen molar-refractivity contribution < 1.29 is 22.0 Å². The molecule has 0 spiro atoms. The SMILES string of the molecule is O=C1CCCN1CCCNS(=O)(=O)c1cc(F)cc(F)c1. The zero-order valence-electron chi connectivity index (χ0n) is 11.3. The van der Waals surface area contributed by atoms with E-state index < -0.39 is 26.6 Å². The molecular formula is C13H16F2N2O3S. The lowest BCUT2D eigenvalue weighted by molar-refractivity contribution is -0.127. The van der Waals surface area contributed by atoms with E-state index in [-0.39, 0.29) is 12.5 Å². The van der Waals surface area contributed by atoms with E-state index in [4.69, 9.17) is 0 Å². The van der Waals surface area contributed by atoms with Crippen molar-refractivity contribution in [1.82, 2.24) is 9.62 Å². The first-order chi connectivity index (χ1) is 9.88. The van der Waals surface area contributed by atoms with Crippen molar-refractivity contribution in [3.63, 3.8) is 0 Å². The van der Waals surface area contributed by atoms with Crippen LogP contribution in [0.2, 0.25) is 0 Å². The molecule has 0 atom stereocenters. The molecule has 0 aliphatic carbocycles. The molecule has 1 aliphatic rings. The number of sulfonamides is 1. The quantitative estimate of drug-likeness (QED) is 0.803. The largest absolute Gasteiger partial charge is 0.343 e. The van der Waals surface area contributed by atoms with E-state index in [0.29, 0.717) is 32.0 Å². The third-order valence-electron chi connectivity index (χ3n) is 3.21. The Morgan fingerprint density at radius 2 is 1.86 bits per heavy atom. The van der Waals surface area contributed by atoms with Crippen LogP contribution in [0.4, 0.5) is 8.78 Å². The molecule has 0 unspecified atom stereocenters. The summed E-state index contributed by atoms with van der Waals surface area (Å²) in [5.41, 5.74) is 0. The summed E-state index contributed by atoms with van der Waals surface area (Å²) in [4.78, 5) is 12.6. The number of likely N-dealkylation sites (tertiary alicyclic amines) is 1. The Morgan fingerprint density at radius 1 is 1.19 bits per heavy atom. The first-order valence-corrected chi connectivity index (χ1v) is 8.10. The van der Waals surface area contributed by atoms with Gasteiger partial charge in [0, 0.05) is 32.1 Å². The number of carbonyl (C=O) groups excluding carboxylic acids is 1. The number of nitrogens with zero attached hydrogens (tertiary/aromatic N) is 1. The lowest BCUT2D eigenvalue weighted by Crippen LogP contribution is -2.30. The molecule has 0 saturated carbocycles. The van der Waals surface area contributed by atoms with Crippen LogP contribution in [0.25, 0.3) is 0 Å². The summed E-state index contributed by atoms with van der Waals surface area (Å²) in [5, 5.41) is 0. The van der Waals surface area contributed by atoms with Gasteiger partial charge in [0.15, 0.2) is 0 Å². The molecule has 21 heavy (non-hydrogen) atoms. The Kier molecular flexibility index (Phi) is 4.89. The predicted octanol–water partition coefficient (Wildman–Crippen LogP) is 1.26. The number of hydrogen-bond donors (Lipinski definition) is 1. The van der Waals surface area contributed by atoms with E-state index in [2.05, 4.69) is 4.72 Å². The predicted molar refractivity (Wildman–Crippen MR) is 72.0 cm³/mol. The van der Waals surface area contributed by atoms with Gasteiger partial charge in [0.05, 0.1) is 4.90 Å². The maximum Gasteiger partial charge on any atom is 0.240 e. The van der Waals surface area contributed by atoms with E-state index in [1.807, 2.05) is 0 Å².